The molecule has 37 heavy (non-hydrogen) atoms. The van der Waals surface area contributed by atoms with E-state index in [4.69, 9.17) is 13.9 Å². The summed E-state index contributed by atoms with van der Waals surface area (Å²) in [5.41, 5.74) is 1.72. The fourth-order valence-corrected chi connectivity index (χ4v) is 4.85. The van der Waals surface area contributed by atoms with Crippen LogP contribution in [-0.4, -0.2) is 69.1 Å². The van der Waals surface area contributed by atoms with E-state index in [0.29, 0.717) is 22.9 Å². The number of aliphatic hydroxyl groups excluding tert-OH is 1. The maximum Gasteiger partial charge on any atom is 0.300 e. The van der Waals surface area contributed by atoms with Crippen LogP contribution in [0.2, 0.25) is 0 Å². The maximum atomic E-state index is 13.4. The number of amides is 1. The summed E-state index contributed by atoms with van der Waals surface area (Å²) in [6.07, 6.45) is 1.47. The SMILES string of the molecule is COc1ccc(OC)c(/C(O)=C2/C(=O)C(=O)N(c3ccc(N4CCN(C)CC4)cc3)C2c2ccco2)c1. The van der Waals surface area contributed by atoms with Gasteiger partial charge >= 0.3 is 0 Å². The Bertz CT molecular complexity index is 1320. The zero-order chi connectivity index (χ0) is 26.1. The summed E-state index contributed by atoms with van der Waals surface area (Å²) < 4.78 is 16.4. The minimum atomic E-state index is -0.958. The van der Waals surface area contributed by atoms with Crippen molar-refractivity contribution in [3.8, 4) is 11.5 Å². The summed E-state index contributed by atoms with van der Waals surface area (Å²) in [5.74, 6) is -0.785. The van der Waals surface area contributed by atoms with E-state index in [9.17, 15) is 14.7 Å². The van der Waals surface area contributed by atoms with Gasteiger partial charge in [0.2, 0.25) is 0 Å². The Labute approximate surface area is 215 Å². The average molecular weight is 504 g/mol. The Morgan fingerprint density at radius 2 is 1.65 bits per heavy atom. The molecule has 2 saturated heterocycles. The van der Waals surface area contributed by atoms with E-state index in [1.807, 2.05) is 24.3 Å². The van der Waals surface area contributed by atoms with Crippen molar-refractivity contribution in [2.75, 3.05) is 57.2 Å². The number of ether oxygens (including phenoxy) is 2. The van der Waals surface area contributed by atoms with E-state index in [-0.39, 0.29) is 16.9 Å². The minimum Gasteiger partial charge on any atom is -0.507 e. The number of furan rings is 1. The van der Waals surface area contributed by atoms with Crippen molar-refractivity contribution in [3.05, 3.63) is 77.8 Å². The number of benzene rings is 2. The lowest BCUT2D eigenvalue weighted by atomic mass is 9.98. The van der Waals surface area contributed by atoms with E-state index in [1.165, 1.54) is 25.4 Å². The predicted octanol–water partition coefficient (Wildman–Crippen LogP) is 3.67. The molecular formula is C28H29N3O6. The third-order valence-corrected chi connectivity index (χ3v) is 6.92. The molecule has 2 aliphatic rings. The number of ketones is 1. The quantitative estimate of drug-likeness (QED) is 0.309. The molecule has 1 N–H and O–H groups in total. The van der Waals surface area contributed by atoms with Gasteiger partial charge in [-0.1, -0.05) is 0 Å². The first-order valence-corrected chi connectivity index (χ1v) is 12.0. The molecule has 0 spiro atoms. The first-order valence-electron chi connectivity index (χ1n) is 12.0. The van der Waals surface area contributed by atoms with Crippen molar-refractivity contribution < 1.29 is 28.6 Å². The molecule has 5 rings (SSSR count). The van der Waals surface area contributed by atoms with Gasteiger partial charge in [0.25, 0.3) is 11.7 Å². The second-order valence-corrected chi connectivity index (χ2v) is 9.06. The van der Waals surface area contributed by atoms with Crippen LogP contribution in [0.1, 0.15) is 17.4 Å². The Morgan fingerprint density at radius 3 is 2.27 bits per heavy atom. The molecule has 2 fully saturated rings. The van der Waals surface area contributed by atoms with Gasteiger partial charge in [0.05, 0.1) is 31.6 Å². The van der Waals surface area contributed by atoms with Gasteiger partial charge in [-0.05, 0) is 61.6 Å². The highest BCUT2D eigenvalue weighted by molar-refractivity contribution is 6.51. The highest BCUT2D eigenvalue weighted by atomic mass is 16.5. The molecule has 3 heterocycles. The maximum absolute atomic E-state index is 13.4. The van der Waals surface area contributed by atoms with Gasteiger partial charge in [-0.3, -0.25) is 14.5 Å². The molecule has 2 aliphatic heterocycles. The number of carbonyl (C=O) groups is 2. The molecule has 1 unspecified atom stereocenters. The number of aliphatic hydroxyl groups is 1. The summed E-state index contributed by atoms with van der Waals surface area (Å²) in [7, 11) is 5.06. The predicted molar refractivity (Wildman–Crippen MR) is 139 cm³/mol. The Morgan fingerprint density at radius 1 is 0.946 bits per heavy atom. The van der Waals surface area contributed by atoms with Crippen molar-refractivity contribution in [3.63, 3.8) is 0 Å². The minimum absolute atomic E-state index is 0.0883. The van der Waals surface area contributed by atoms with Crippen LogP contribution in [0.15, 0.2) is 70.9 Å². The molecule has 0 radical (unpaired) electrons. The molecule has 0 bridgehead atoms. The van der Waals surface area contributed by atoms with Crippen LogP contribution in [0.4, 0.5) is 11.4 Å². The van der Waals surface area contributed by atoms with Crippen LogP contribution in [0.3, 0.4) is 0 Å². The van der Waals surface area contributed by atoms with Crippen LogP contribution in [0.25, 0.3) is 5.76 Å². The lowest BCUT2D eigenvalue weighted by Gasteiger charge is -2.34. The van der Waals surface area contributed by atoms with Crippen molar-refractivity contribution in [2.24, 2.45) is 0 Å². The summed E-state index contributed by atoms with van der Waals surface area (Å²) >= 11 is 0. The van der Waals surface area contributed by atoms with Crippen LogP contribution in [-0.2, 0) is 9.59 Å². The number of anilines is 2. The normalized spacial score (nSPS) is 19.9. The Kier molecular flexibility index (Phi) is 6.62. The van der Waals surface area contributed by atoms with Gasteiger partial charge in [0.15, 0.2) is 0 Å². The third-order valence-electron chi connectivity index (χ3n) is 6.92. The number of nitrogens with zero attached hydrogens (tertiary/aromatic N) is 3. The third kappa shape index (κ3) is 4.42. The van der Waals surface area contributed by atoms with Crippen molar-refractivity contribution in [1.29, 1.82) is 0 Å². The van der Waals surface area contributed by atoms with Crippen LogP contribution in [0.5, 0.6) is 11.5 Å². The smallest absolute Gasteiger partial charge is 0.300 e. The highest BCUT2D eigenvalue weighted by Gasteiger charge is 2.48. The van der Waals surface area contributed by atoms with Gasteiger partial charge in [-0.15, -0.1) is 0 Å². The van der Waals surface area contributed by atoms with Crippen molar-refractivity contribution in [2.45, 2.75) is 6.04 Å². The highest BCUT2D eigenvalue weighted by Crippen LogP contribution is 2.44. The number of hydrogen-bond donors (Lipinski definition) is 1. The topological polar surface area (TPSA) is 95.7 Å². The van der Waals surface area contributed by atoms with Crippen LogP contribution >= 0.6 is 0 Å². The largest absolute Gasteiger partial charge is 0.507 e. The number of hydrogen-bond acceptors (Lipinski definition) is 8. The molecule has 1 atom stereocenters. The number of methoxy groups -OCH3 is 2. The molecule has 9 heteroatoms. The van der Waals surface area contributed by atoms with E-state index in [2.05, 4.69) is 16.8 Å². The number of carbonyl (C=O) groups excluding carboxylic acids is 2. The second-order valence-electron chi connectivity index (χ2n) is 9.06. The van der Waals surface area contributed by atoms with Gasteiger partial charge in [0, 0.05) is 37.6 Å². The molecule has 192 valence electrons. The van der Waals surface area contributed by atoms with E-state index < -0.39 is 17.7 Å². The first-order chi connectivity index (χ1) is 17.9. The molecule has 9 nitrogen and oxygen atoms in total. The number of Topliss-reactive ketones (excluding diaryl/α,β-unsaturated/α-hetero) is 1. The summed E-state index contributed by atoms with van der Waals surface area (Å²) in [6.45, 7) is 3.77. The lowest BCUT2D eigenvalue weighted by molar-refractivity contribution is -0.132. The second kappa shape index (κ2) is 10.0. The molecular weight excluding hydrogens is 474 g/mol. The van der Waals surface area contributed by atoms with E-state index >= 15 is 0 Å². The average Bonchev–Trinajstić information content (AvgIpc) is 3.55. The van der Waals surface area contributed by atoms with Crippen LogP contribution < -0.4 is 19.3 Å². The van der Waals surface area contributed by atoms with Crippen LogP contribution in [0, 0.1) is 0 Å². The summed E-state index contributed by atoms with van der Waals surface area (Å²) in [5, 5.41) is 11.4. The lowest BCUT2D eigenvalue weighted by Crippen LogP contribution is -2.44. The monoisotopic (exact) mass is 503 g/mol. The first kappa shape index (κ1) is 24.5. The standard InChI is InChI=1S/C28H29N3O6/c1-29-12-14-30(15-13-29)18-6-8-19(9-7-18)31-25(23-5-4-16-37-23)24(27(33)28(31)34)26(32)21-17-20(35-2)10-11-22(21)36-3/h4-11,16-17,25,32H,12-15H2,1-3H3/b26-24-. The molecule has 0 saturated carbocycles. The Hall–Kier alpha value is -4.24. The van der Waals surface area contributed by atoms with E-state index in [0.717, 1.165) is 31.9 Å². The molecule has 3 aromatic rings. The van der Waals surface area contributed by atoms with Crippen molar-refractivity contribution >= 4 is 28.8 Å². The fraction of sp³-hybridized carbons (Fsp3) is 0.286. The van der Waals surface area contributed by atoms with Crippen molar-refractivity contribution in [1.82, 2.24) is 4.90 Å². The number of rotatable bonds is 6. The fourth-order valence-electron chi connectivity index (χ4n) is 4.85. The van der Waals surface area contributed by atoms with Gasteiger partial charge in [-0.25, -0.2) is 0 Å². The van der Waals surface area contributed by atoms with Gasteiger partial charge in [-0.2, -0.15) is 0 Å². The summed E-state index contributed by atoms with van der Waals surface area (Å²) in [4.78, 5) is 32.7. The van der Waals surface area contributed by atoms with Gasteiger partial charge in [0.1, 0.15) is 29.1 Å². The zero-order valence-electron chi connectivity index (χ0n) is 21.0. The zero-order valence-corrected chi connectivity index (χ0v) is 21.0. The number of piperazine rings is 1. The van der Waals surface area contributed by atoms with E-state index in [1.54, 1.807) is 30.3 Å². The molecule has 1 amide bonds. The molecule has 0 aliphatic carbocycles. The Balaban J connectivity index is 1.58. The summed E-state index contributed by atoms with van der Waals surface area (Å²) in [6, 6.07) is 14.8. The number of likely N-dealkylation sites (N-methyl/N-ethyl adjacent to an activating group) is 1. The molecule has 1 aromatic heterocycles. The van der Waals surface area contributed by atoms with Gasteiger partial charge < -0.3 is 28.8 Å². The molecule has 2 aromatic carbocycles.